The lowest BCUT2D eigenvalue weighted by Gasteiger charge is -2.35. The van der Waals surface area contributed by atoms with Gasteiger partial charge in [0.1, 0.15) is 0 Å². The van der Waals surface area contributed by atoms with E-state index in [1.165, 1.54) is 24.1 Å². The van der Waals surface area contributed by atoms with Crippen LogP contribution in [-0.2, 0) is 11.3 Å². The Morgan fingerprint density at radius 2 is 2.00 bits per heavy atom. The van der Waals surface area contributed by atoms with Crippen molar-refractivity contribution in [1.29, 1.82) is 0 Å². The molecule has 0 aliphatic carbocycles. The van der Waals surface area contributed by atoms with Crippen LogP contribution < -0.4 is 10.2 Å². The number of fused-ring (bicyclic) bond motifs is 2. The van der Waals surface area contributed by atoms with Crippen LogP contribution >= 0.6 is 11.6 Å². The third-order valence-corrected chi connectivity index (χ3v) is 4.52. The van der Waals surface area contributed by atoms with Crippen LogP contribution in [0.3, 0.4) is 0 Å². The average molecular weight is 295 g/mol. The van der Waals surface area contributed by atoms with Crippen LogP contribution in [0.15, 0.2) is 18.2 Å². The van der Waals surface area contributed by atoms with E-state index in [-0.39, 0.29) is 0 Å². The first-order chi connectivity index (χ1) is 9.63. The molecule has 2 bridgehead atoms. The second kappa shape index (κ2) is 5.92. The number of benzene rings is 1. The van der Waals surface area contributed by atoms with Gasteiger partial charge in [0.25, 0.3) is 0 Å². The topological polar surface area (TPSA) is 24.5 Å². The molecule has 1 aromatic rings. The fourth-order valence-electron chi connectivity index (χ4n) is 3.14. The van der Waals surface area contributed by atoms with Crippen LogP contribution in [0.5, 0.6) is 0 Å². The van der Waals surface area contributed by atoms with Crippen LogP contribution in [0, 0.1) is 0 Å². The predicted octanol–water partition coefficient (Wildman–Crippen LogP) is 3.21. The second-order valence-corrected chi connectivity index (χ2v) is 6.54. The van der Waals surface area contributed by atoms with Crippen LogP contribution in [0.4, 0.5) is 5.69 Å². The normalized spacial score (nSPS) is 25.5. The standard InChI is InChI=1S/C16H23ClN2O/c1-11(2)18-8-14-15(17)4-3-5-16(14)19-9-12-6-7-13(10-19)20-12/h3-5,11-13,18H,6-10H2,1-2H3. The summed E-state index contributed by atoms with van der Waals surface area (Å²) in [5.74, 6) is 0. The number of nitrogens with zero attached hydrogens (tertiary/aromatic N) is 1. The summed E-state index contributed by atoms with van der Waals surface area (Å²) in [6, 6.07) is 6.68. The Hall–Kier alpha value is -0.770. The van der Waals surface area contributed by atoms with Gasteiger partial charge in [0.15, 0.2) is 0 Å². The van der Waals surface area contributed by atoms with Gasteiger partial charge in [0.05, 0.1) is 12.2 Å². The van der Waals surface area contributed by atoms with Crippen LogP contribution in [0.25, 0.3) is 0 Å². The Morgan fingerprint density at radius 1 is 1.30 bits per heavy atom. The van der Waals surface area contributed by atoms with Crippen molar-refractivity contribution in [2.45, 2.75) is 51.5 Å². The molecule has 2 saturated heterocycles. The molecule has 2 aliphatic rings. The summed E-state index contributed by atoms with van der Waals surface area (Å²) in [5, 5.41) is 4.33. The number of ether oxygens (including phenoxy) is 1. The monoisotopic (exact) mass is 294 g/mol. The number of hydrogen-bond donors (Lipinski definition) is 1. The average Bonchev–Trinajstić information content (AvgIpc) is 2.75. The molecule has 1 N–H and O–H groups in total. The molecule has 2 heterocycles. The lowest BCUT2D eigenvalue weighted by atomic mass is 10.1. The van der Waals surface area contributed by atoms with Gasteiger partial charge in [-0.25, -0.2) is 0 Å². The number of halogens is 1. The van der Waals surface area contributed by atoms with Gasteiger partial charge in [0.2, 0.25) is 0 Å². The smallest absolute Gasteiger partial charge is 0.0755 e. The molecule has 20 heavy (non-hydrogen) atoms. The van der Waals surface area contributed by atoms with Gasteiger partial charge in [-0.3, -0.25) is 0 Å². The van der Waals surface area contributed by atoms with E-state index in [1.54, 1.807) is 0 Å². The Kier molecular flexibility index (Phi) is 4.20. The summed E-state index contributed by atoms with van der Waals surface area (Å²) in [6.45, 7) is 7.12. The highest BCUT2D eigenvalue weighted by Gasteiger charge is 2.34. The van der Waals surface area contributed by atoms with Crippen molar-refractivity contribution in [3.63, 3.8) is 0 Å². The first-order valence-corrected chi connectivity index (χ1v) is 7.92. The molecule has 4 heteroatoms. The van der Waals surface area contributed by atoms with Gasteiger partial charge in [-0.1, -0.05) is 31.5 Å². The summed E-state index contributed by atoms with van der Waals surface area (Å²) in [4.78, 5) is 2.45. The van der Waals surface area contributed by atoms with Crippen molar-refractivity contribution in [2.75, 3.05) is 18.0 Å². The molecule has 3 rings (SSSR count). The van der Waals surface area contributed by atoms with E-state index in [0.29, 0.717) is 18.2 Å². The van der Waals surface area contributed by atoms with E-state index in [4.69, 9.17) is 16.3 Å². The first-order valence-electron chi connectivity index (χ1n) is 7.54. The number of nitrogens with one attached hydrogen (secondary N) is 1. The molecule has 2 atom stereocenters. The van der Waals surface area contributed by atoms with Crippen LogP contribution in [0.2, 0.25) is 5.02 Å². The Morgan fingerprint density at radius 3 is 2.65 bits per heavy atom. The zero-order valence-electron chi connectivity index (χ0n) is 12.2. The van der Waals surface area contributed by atoms with Crippen molar-refractivity contribution < 1.29 is 4.74 Å². The minimum absolute atomic E-state index is 0.402. The quantitative estimate of drug-likeness (QED) is 0.923. The maximum atomic E-state index is 6.42. The van der Waals surface area contributed by atoms with Gasteiger partial charge < -0.3 is 15.0 Å². The highest BCUT2D eigenvalue weighted by molar-refractivity contribution is 6.31. The van der Waals surface area contributed by atoms with Crippen molar-refractivity contribution in [1.82, 2.24) is 5.32 Å². The summed E-state index contributed by atoms with van der Waals surface area (Å²) >= 11 is 6.42. The molecule has 110 valence electrons. The van der Waals surface area contributed by atoms with E-state index in [2.05, 4.69) is 30.1 Å². The van der Waals surface area contributed by atoms with Crippen molar-refractivity contribution in [3.8, 4) is 0 Å². The fraction of sp³-hybridized carbons (Fsp3) is 0.625. The van der Waals surface area contributed by atoms with Gasteiger partial charge in [-0.15, -0.1) is 0 Å². The van der Waals surface area contributed by atoms with Gasteiger partial charge in [-0.05, 0) is 25.0 Å². The van der Waals surface area contributed by atoms with E-state index in [0.717, 1.165) is 24.7 Å². The molecule has 0 radical (unpaired) electrons. The zero-order chi connectivity index (χ0) is 14.1. The molecule has 2 unspecified atom stereocenters. The molecule has 2 aliphatic heterocycles. The van der Waals surface area contributed by atoms with Crippen molar-refractivity contribution >= 4 is 17.3 Å². The Balaban J connectivity index is 1.83. The molecular weight excluding hydrogens is 272 g/mol. The van der Waals surface area contributed by atoms with E-state index in [1.807, 2.05) is 12.1 Å². The van der Waals surface area contributed by atoms with Crippen LogP contribution in [-0.4, -0.2) is 31.3 Å². The summed E-state index contributed by atoms with van der Waals surface area (Å²) in [6.07, 6.45) is 3.19. The maximum Gasteiger partial charge on any atom is 0.0755 e. The first kappa shape index (κ1) is 14.2. The summed E-state index contributed by atoms with van der Waals surface area (Å²) in [7, 11) is 0. The molecule has 0 spiro atoms. The maximum absolute atomic E-state index is 6.42. The molecule has 2 fully saturated rings. The molecule has 0 aromatic heterocycles. The van der Waals surface area contributed by atoms with E-state index < -0.39 is 0 Å². The molecule has 3 nitrogen and oxygen atoms in total. The summed E-state index contributed by atoms with van der Waals surface area (Å²) in [5.41, 5.74) is 2.48. The minimum atomic E-state index is 0.402. The van der Waals surface area contributed by atoms with Crippen molar-refractivity contribution in [2.24, 2.45) is 0 Å². The lowest BCUT2D eigenvalue weighted by Crippen LogP contribution is -2.43. The van der Waals surface area contributed by atoms with Gasteiger partial charge in [-0.2, -0.15) is 0 Å². The Labute approximate surface area is 126 Å². The van der Waals surface area contributed by atoms with Crippen LogP contribution in [0.1, 0.15) is 32.3 Å². The Bertz CT molecular complexity index is 466. The number of hydrogen-bond acceptors (Lipinski definition) is 3. The van der Waals surface area contributed by atoms with E-state index in [9.17, 15) is 0 Å². The van der Waals surface area contributed by atoms with Gasteiger partial charge in [0, 0.05) is 41.9 Å². The minimum Gasteiger partial charge on any atom is -0.371 e. The number of morpholine rings is 1. The largest absolute Gasteiger partial charge is 0.371 e. The molecule has 1 aromatic carbocycles. The highest BCUT2D eigenvalue weighted by Crippen LogP contribution is 2.33. The predicted molar refractivity (Wildman–Crippen MR) is 83.5 cm³/mol. The second-order valence-electron chi connectivity index (χ2n) is 6.14. The number of rotatable bonds is 4. The lowest BCUT2D eigenvalue weighted by molar-refractivity contribution is 0.0304. The summed E-state index contributed by atoms with van der Waals surface area (Å²) < 4.78 is 5.93. The third kappa shape index (κ3) is 2.95. The fourth-order valence-corrected chi connectivity index (χ4v) is 3.37. The number of anilines is 1. The molecule has 0 amide bonds. The third-order valence-electron chi connectivity index (χ3n) is 4.17. The van der Waals surface area contributed by atoms with Gasteiger partial charge >= 0.3 is 0 Å². The van der Waals surface area contributed by atoms with Crippen molar-refractivity contribution in [3.05, 3.63) is 28.8 Å². The highest BCUT2D eigenvalue weighted by atomic mass is 35.5. The molecule has 0 saturated carbocycles. The molecular formula is C16H23ClN2O. The SMILES string of the molecule is CC(C)NCc1c(Cl)cccc1N1CC2CCC(C1)O2. The van der Waals surface area contributed by atoms with E-state index >= 15 is 0 Å². The zero-order valence-corrected chi connectivity index (χ0v) is 13.0.